The molecule has 1 N–H and O–H groups in total. The third-order valence-corrected chi connectivity index (χ3v) is 1.79. The van der Waals surface area contributed by atoms with Crippen LogP contribution in [0.4, 0.5) is 5.95 Å². The predicted molar refractivity (Wildman–Crippen MR) is 50.2 cm³/mol. The van der Waals surface area contributed by atoms with Crippen LogP contribution in [0.1, 0.15) is 6.42 Å². The molecule has 0 fully saturated rings. The molecule has 0 aliphatic carbocycles. The van der Waals surface area contributed by atoms with Crippen molar-refractivity contribution in [1.82, 2.24) is 9.55 Å². The van der Waals surface area contributed by atoms with E-state index >= 15 is 0 Å². The number of rotatable bonds is 3. The van der Waals surface area contributed by atoms with Crippen LogP contribution < -0.4 is 5.32 Å². The van der Waals surface area contributed by atoms with E-state index in [0.717, 1.165) is 0 Å². The van der Waals surface area contributed by atoms with Gasteiger partial charge in [0, 0.05) is 31.2 Å². The molecule has 66 valence electrons. The number of aryl methyl sites for hydroxylation is 1. The van der Waals surface area contributed by atoms with E-state index in [1.807, 2.05) is 7.05 Å². The van der Waals surface area contributed by atoms with E-state index < -0.39 is 0 Å². The zero-order valence-electron chi connectivity index (χ0n) is 6.75. The first kappa shape index (κ1) is 9.25. The van der Waals surface area contributed by atoms with Gasteiger partial charge >= 0.3 is 0 Å². The van der Waals surface area contributed by atoms with E-state index in [-0.39, 0.29) is 5.91 Å². The van der Waals surface area contributed by atoms with Crippen LogP contribution in [0.2, 0.25) is 0 Å². The van der Waals surface area contributed by atoms with Gasteiger partial charge in [-0.15, -0.1) is 0 Å². The Balaban J connectivity index is 2.52. The Hall–Kier alpha value is -0.840. The highest BCUT2D eigenvalue weighted by Gasteiger charge is 2.03. The fourth-order valence-corrected chi connectivity index (χ4v) is 1.12. The molecular weight excluding hydrogens is 222 g/mol. The van der Waals surface area contributed by atoms with Gasteiger partial charge in [0.15, 0.2) is 0 Å². The van der Waals surface area contributed by atoms with Crippen LogP contribution in [0, 0.1) is 0 Å². The van der Waals surface area contributed by atoms with E-state index in [1.165, 1.54) is 0 Å². The maximum atomic E-state index is 11.1. The lowest BCUT2D eigenvalue weighted by Crippen LogP contribution is -2.14. The Morgan fingerprint density at radius 2 is 2.58 bits per heavy atom. The summed E-state index contributed by atoms with van der Waals surface area (Å²) in [5.74, 6) is 0.558. The number of halogens is 1. The molecule has 1 aromatic heterocycles. The lowest BCUT2D eigenvalue weighted by Gasteiger charge is -2.02. The maximum absolute atomic E-state index is 11.1. The molecule has 1 rings (SSSR count). The highest BCUT2D eigenvalue weighted by molar-refractivity contribution is 9.09. The first-order valence-electron chi connectivity index (χ1n) is 3.57. The summed E-state index contributed by atoms with van der Waals surface area (Å²) in [4.78, 5) is 15.0. The monoisotopic (exact) mass is 231 g/mol. The van der Waals surface area contributed by atoms with Crippen LogP contribution in [0.5, 0.6) is 0 Å². The summed E-state index contributed by atoms with van der Waals surface area (Å²) in [7, 11) is 1.83. The van der Waals surface area contributed by atoms with Crippen molar-refractivity contribution in [2.45, 2.75) is 6.42 Å². The van der Waals surface area contributed by atoms with Gasteiger partial charge in [-0.1, -0.05) is 15.9 Å². The number of hydrogen-bond donors (Lipinski definition) is 1. The Kier molecular flexibility index (Phi) is 3.28. The van der Waals surface area contributed by atoms with Gasteiger partial charge in [0.05, 0.1) is 0 Å². The fourth-order valence-electron chi connectivity index (χ4n) is 0.759. The number of nitrogens with zero attached hydrogens (tertiary/aromatic N) is 2. The van der Waals surface area contributed by atoms with Crippen molar-refractivity contribution in [3.05, 3.63) is 12.4 Å². The Labute approximate surface area is 79.1 Å². The van der Waals surface area contributed by atoms with E-state index in [9.17, 15) is 4.79 Å². The molecule has 0 aromatic carbocycles. The molecule has 0 radical (unpaired) electrons. The summed E-state index contributed by atoms with van der Waals surface area (Å²) in [6.45, 7) is 0. The molecule has 0 atom stereocenters. The average molecular weight is 232 g/mol. The molecule has 1 amide bonds. The lowest BCUT2D eigenvalue weighted by molar-refractivity contribution is -0.115. The molecule has 0 spiro atoms. The van der Waals surface area contributed by atoms with Crippen LogP contribution in [0.25, 0.3) is 0 Å². The number of aromatic nitrogens is 2. The second-order valence-corrected chi connectivity index (χ2v) is 3.14. The number of amides is 1. The first-order chi connectivity index (χ1) is 5.74. The topological polar surface area (TPSA) is 46.9 Å². The minimum absolute atomic E-state index is 0.0267. The van der Waals surface area contributed by atoms with Crippen LogP contribution >= 0.6 is 15.9 Å². The van der Waals surface area contributed by atoms with Crippen molar-refractivity contribution in [2.24, 2.45) is 7.05 Å². The second-order valence-electron chi connectivity index (χ2n) is 2.35. The lowest BCUT2D eigenvalue weighted by atomic mass is 10.5. The number of imidazole rings is 1. The summed E-state index contributed by atoms with van der Waals surface area (Å²) in [5.41, 5.74) is 0. The average Bonchev–Trinajstić information content (AvgIpc) is 2.37. The van der Waals surface area contributed by atoms with E-state index in [0.29, 0.717) is 17.7 Å². The molecule has 0 aliphatic heterocycles. The van der Waals surface area contributed by atoms with Crippen LogP contribution in [0.15, 0.2) is 12.4 Å². The van der Waals surface area contributed by atoms with Crippen molar-refractivity contribution in [2.75, 3.05) is 10.6 Å². The first-order valence-corrected chi connectivity index (χ1v) is 4.69. The number of carbonyl (C=O) groups excluding carboxylic acids is 1. The standard InChI is InChI=1S/C7H10BrN3O/c1-11-5-4-9-7(11)10-6(12)2-3-8/h4-5H,2-3H2,1H3,(H,9,10,12). The van der Waals surface area contributed by atoms with Gasteiger partial charge in [-0.3, -0.25) is 10.1 Å². The smallest absolute Gasteiger partial charge is 0.227 e. The van der Waals surface area contributed by atoms with Gasteiger partial charge in [-0.2, -0.15) is 0 Å². The fraction of sp³-hybridized carbons (Fsp3) is 0.429. The molecule has 1 heterocycles. The van der Waals surface area contributed by atoms with Gasteiger partial charge < -0.3 is 4.57 Å². The van der Waals surface area contributed by atoms with Crippen molar-refractivity contribution in [3.8, 4) is 0 Å². The minimum atomic E-state index is -0.0267. The Bertz CT molecular complexity index is 271. The van der Waals surface area contributed by atoms with Crippen LogP contribution in [0.3, 0.4) is 0 Å². The van der Waals surface area contributed by atoms with Crippen LogP contribution in [-0.2, 0) is 11.8 Å². The van der Waals surface area contributed by atoms with Gasteiger partial charge in [0.2, 0.25) is 11.9 Å². The molecule has 0 saturated carbocycles. The summed E-state index contributed by atoms with van der Waals surface area (Å²) in [6.07, 6.45) is 3.89. The zero-order chi connectivity index (χ0) is 8.97. The number of nitrogens with one attached hydrogen (secondary N) is 1. The van der Waals surface area contributed by atoms with Crippen molar-refractivity contribution in [3.63, 3.8) is 0 Å². The largest absolute Gasteiger partial charge is 0.320 e. The quantitative estimate of drug-likeness (QED) is 0.794. The summed E-state index contributed by atoms with van der Waals surface area (Å²) in [5, 5.41) is 3.34. The molecule has 1 aromatic rings. The van der Waals surface area contributed by atoms with Crippen molar-refractivity contribution < 1.29 is 4.79 Å². The normalized spacial score (nSPS) is 9.83. The molecular formula is C7H10BrN3O. The summed E-state index contributed by atoms with van der Waals surface area (Å²) < 4.78 is 1.76. The zero-order valence-corrected chi connectivity index (χ0v) is 8.34. The molecule has 5 heteroatoms. The van der Waals surface area contributed by atoms with E-state index in [4.69, 9.17) is 0 Å². The van der Waals surface area contributed by atoms with Gasteiger partial charge in [-0.05, 0) is 0 Å². The Morgan fingerprint density at radius 3 is 3.08 bits per heavy atom. The third-order valence-electron chi connectivity index (χ3n) is 1.39. The summed E-state index contributed by atoms with van der Waals surface area (Å²) in [6, 6.07) is 0. The predicted octanol–water partition coefficient (Wildman–Crippen LogP) is 1.14. The molecule has 0 saturated heterocycles. The molecule has 12 heavy (non-hydrogen) atoms. The maximum Gasteiger partial charge on any atom is 0.227 e. The van der Waals surface area contributed by atoms with Crippen molar-refractivity contribution >= 4 is 27.8 Å². The number of alkyl halides is 1. The highest BCUT2D eigenvalue weighted by Crippen LogP contribution is 2.01. The number of anilines is 1. The third kappa shape index (κ3) is 2.34. The molecule has 0 aliphatic rings. The molecule has 0 bridgehead atoms. The van der Waals surface area contributed by atoms with E-state index in [2.05, 4.69) is 26.2 Å². The SMILES string of the molecule is Cn1ccnc1NC(=O)CCBr. The minimum Gasteiger partial charge on any atom is -0.320 e. The van der Waals surface area contributed by atoms with Crippen LogP contribution in [-0.4, -0.2) is 20.8 Å². The second kappa shape index (κ2) is 4.25. The van der Waals surface area contributed by atoms with E-state index in [1.54, 1.807) is 17.0 Å². The van der Waals surface area contributed by atoms with Gasteiger partial charge in [-0.25, -0.2) is 4.98 Å². The number of hydrogen-bond acceptors (Lipinski definition) is 2. The van der Waals surface area contributed by atoms with Gasteiger partial charge in [0.25, 0.3) is 0 Å². The Morgan fingerprint density at radius 1 is 1.83 bits per heavy atom. The van der Waals surface area contributed by atoms with Crippen molar-refractivity contribution in [1.29, 1.82) is 0 Å². The molecule has 4 nitrogen and oxygen atoms in total. The summed E-state index contributed by atoms with van der Waals surface area (Å²) >= 11 is 3.18. The number of carbonyl (C=O) groups is 1. The molecule has 0 unspecified atom stereocenters. The highest BCUT2D eigenvalue weighted by atomic mass is 79.9. The van der Waals surface area contributed by atoms with Gasteiger partial charge in [0.1, 0.15) is 0 Å².